The Labute approximate surface area is 132 Å². The standard InChI is InChI=1S/C16H26ClNO3/c1-10(2)14-6-15(17)11(3)5-16(14)21-9-13(20)8-18-7-12(4)19/h5-6,10,12-13,18-20H,7-9H2,1-4H3/p+1/t12-,13-/m1/s1. The van der Waals surface area contributed by atoms with Gasteiger partial charge in [0.05, 0.1) is 6.10 Å². The van der Waals surface area contributed by atoms with Gasteiger partial charge in [-0.2, -0.15) is 0 Å². The van der Waals surface area contributed by atoms with Gasteiger partial charge in [-0.3, -0.25) is 0 Å². The van der Waals surface area contributed by atoms with Crippen molar-refractivity contribution in [2.24, 2.45) is 0 Å². The van der Waals surface area contributed by atoms with E-state index in [0.717, 1.165) is 21.9 Å². The summed E-state index contributed by atoms with van der Waals surface area (Å²) in [6.07, 6.45) is -0.940. The quantitative estimate of drug-likeness (QED) is 0.680. The first-order chi connectivity index (χ1) is 9.81. The molecule has 0 radical (unpaired) electrons. The summed E-state index contributed by atoms with van der Waals surface area (Å²) in [6, 6.07) is 3.85. The van der Waals surface area contributed by atoms with E-state index < -0.39 is 6.10 Å². The Morgan fingerprint density at radius 3 is 2.43 bits per heavy atom. The Balaban J connectivity index is 2.60. The molecule has 21 heavy (non-hydrogen) atoms. The van der Waals surface area contributed by atoms with Crippen LogP contribution < -0.4 is 10.1 Å². The number of halogens is 1. The minimum atomic E-state index is -0.570. The molecular weight excluding hydrogens is 290 g/mol. The van der Waals surface area contributed by atoms with Gasteiger partial charge in [0.2, 0.25) is 0 Å². The summed E-state index contributed by atoms with van der Waals surface area (Å²) in [7, 11) is 0. The van der Waals surface area contributed by atoms with Crippen LogP contribution in [0.2, 0.25) is 5.02 Å². The number of aliphatic hydroxyl groups excluding tert-OH is 2. The molecule has 0 aromatic heterocycles. The van der Waals surface area contributed by atoms with Gasteiger partial charge >= 0.3 is 0 Å². The molecule has 4 N–H and O–H groups in total. The Morgan fingerprint density at radius 2 is 1.86 bits per heavy atom. The number of ether oxygens (including phenoxy) is 1. The molecular formula is C16H27ClNO3+. The summed E-state index contributed by atoms with van der Waals surface area (Å²) < 4.78 is 5.76. The molecule has 1 rings (SSSR count). The van der Waals surface area contributed by atoms with Gasteiger partial charge in [-0.05, 0) is 43.0 Å². The maximum atomic E-state index is 9.91. The fraction of sp³-hybridized carbons (Fsp3) is 0.625. The van der Waals surface area contributed by atoms with E-state index >= 15 is 0 Å². The second-order valence-corrected chi connectivity index (χ2v) is 6.28. The average Bonchev–Trinajstić information content (AvgIpc) is 2.39. The van der Waals surface area contributed by atoms with Crippen molar-refractivity contribution < 1.29 is 20.3 Å². The molecule has 5 heteroatoms. The Morgan fingerprint density at radius 1 is 1.19 bits per heavy atom. The smallest absolute Gasteiger partial charge is 0.137 e. The minimum Gasteiger partial charge on any atom is -0.490 e. The number of rotatable bonds is 8. The van der Waals surface area contributed by atoms with E-state index in [1.807, 2.05) is 24.4 Å². The molecule has 4 nitrogen and oxygen atoms in total. The third-order valence-corrected chi connectivity index (χ3v) is 3.70. The van der Waals surface area contributed by atoms with Crippen molar-refractivity contribution in [3.05, 3.63) is 28.3 Å². The van der Waals surface area contributed by atoms with Gasteiger partial charge in [-0.25, -0.2) is 0 Å². The second kappa shape index (κ2) is 8.59. The van der Waals surface area contributed by atoms with Crippen molar-refractivity contribution in [1.82, 2.24) is 0 Å². The fourth-order valence-corrected chi connectivity index (χ4v) is 2.20. The largest absolute Gasteiger partial charge is 0.490 e. The summed E-state index contributed by atoms with van der Waals surface area (Å²) in [4.78, 5) is 0. The van der Waals surface area contributed by atoms with Crippen LogP contribution in [-0.2, 0) is 0 Å². The Bertz CT molecular complexity index is 449. The lowest BCUT2D eigenvalue weighted by Gasteiger charge is -2.17. The van der Waals surface area contributed by atoms with Crippen LogP contribution in [0.1, 0.15) is 37.8 Å². The molecule has 0 aliphatic carbocycles. The van der Waals surface area contributed by atoms with Crippen molar-refractivity contribution in [1.29, 1.82) is 0 Å². The van der Waals surface area contributed by atoms with Crippen molar-refractivity contribution in [2.75, 3.05) is 19.7 Å². The summed E-state index contributed by atoms with van der Waals surface area (Å²) in [5.41, 5.74) is 2.01. The first-order valence-corrected chi connectivity index (χ1v) is 7.79. The maximum absolute atomic E-state index is 9.91. The highest BCUT2D eigenvalue weighted by Crippen LogP contribution is 2.32. The van der Waals surface area contributed by atoms with Crippen LogP contribution in [0.3, 0.4) is 0 Å². The van der Waals surface area contributed by atoms with Crippen molar-refractivity contribution in [3.8, 4) is 5.75 Å². The van der Waals surface area contributed by atoms with Crippen LogP contribution in [0.15, 0.2) is 12.1 Å². The van der Waals surface area contributed by atoms with Gasteiger partial charge in [-0.1, -0.05) is 25.4 Å². The molecule has 1 aromatic rings. The molecule has 0 spiro atoms. The lowest BCUT2D eigenvalue weighted by Crippen LogP contribution is -2.88. The predicted molar refractivity (Wildman–Crippen MR) is 85.1 cm³/mol. The normalized spacial score (nSPS) is 14.3. The molecule has 0 aliphatic rings. The molecule has 2 atom stereocenters. The summed E-state index contributed by atoms with van der Waals surface area (Å²) in [6.45, 7) is 9.15. The zero-order valence-corrected chi connectivity index (χ0v) is 14.0. The van der Waals surface area contributed by atoms with E-state index in [9.17, 15) is 10.2 Å². The van der Waals surface area contributed by atoms with E-state index in [2.05, 4.69) is 13.8 Å². The lowest BCUT2D eigenvalue weighted by atomic mass is 10.0. The molecule has 0 saturated heterocycles. The number of quaternary nitrogens is 1. The Kier molecular flexibility index (Phi) is 7.46. The molecule has 0 saturated carbocycles. The van der Waals surface area contributed by atoms with Crippen LogP contribution in [0.5, 0.6) is 5.75 Å². The van der Waals surface area contributed by atoms with Crippen LogP contribution >= 0.6 is 11.6 Å². The lowest BCUT2D eigenvalue weighted by molar-refractivity contribution is -0.666. The van der Waals surface area contributed by atoms with Gasteiger partial charge in [0, 0.05) is 5.02 Å². The molecule has 0 unspecified atom stereocenters. The van der Waals surface area contributed by atoms with E-state index in [-0.39, 0.29) is 12.7 Å². The topological polar surface area (TPSA) is 66.3 Å². The zero-order chi connectivity index (χ0) is 16.0. The van der Waals surface area contributed by atoms with Crippen molar-refractivity contribution >= 4 is 11.6 Å². The molecule has 0 amide bonds. The SMILES string of the molecule is Cc1cc(OC[C@H](O)C[NH2+]C[C@@H](C)O)c(C(C)C)cc1Cl. The average molecular weight is 317 g/mol. The number of nitrogens with two attached hydrogens (primary N) is 1. The molecule has 0 aliphatic heterocycles. The van der Waals surface area contributed by atoms with E-state index in [0.29, 0.717) is 19.0 Å². The van der Waals surface area contributed by atoms with E-state index in [1.54, 1.807) is 6.92 Å². The molecule has 1 aromatic carbocycles. The number of benzene rings is 1. The third kappa shape index (κ3) is 6.22. The van der Waals surface area contributed by atoms with Gasteiger partial charge < -0.3 is 20.3 Å². The molecule has 0 fully saturated rings. The fourth-order valence-electron chi connectivity index (χ4n) is 2.03. The summed E-state index contributed by atoms with van der Waals surface area (Å²) >= 11 is 6.16. The number of aryl methyl sites for hydroxylation is 1. The van der Waals surface area contributed by atoms with Crippen molar-refractivity contribution in [3.63, 3.8) is 0 Å². The highest BCUT2D eigenvalue weighted by Gasteiger charge is 2.14. The first kappa shape index (κ1) is 18.2. The van der Waals surface area contributed by atoms with Gasteiger partial charge in [0.25, 0.3) is 0 Å². The van der Waals surface area contributed by atoms with Crippen LogP contribution in [0.4, 0.5) is 0 Å². The van der Waals surface area contributed by atoms with Crippen LogP contribution in [0.25, 0.3) is 0 Å². The molecule has 0 bridgehead atoms. The number of hydrogen-bond acceptors (Lipinski definition) is 3. The van der Waals surface area contributed by atoms with Gasteiger partial charge in [0.15, 0.2) is 0 Å². The van der Waals surface area contributed by atoms with Crippen LogP contribution in [0, 0.1) is 6.92 Å². The second-order valence-electron chi connectivity index (χ2n) is 5.87. The maximum Gasteiger partial charge on any atom is 0.137 e. The predicted octanol–water partition coefficient (Wildman–Crippen LogP) is 1.46. The van der Waals surface area contributed by atoms with Crippen molar-refractivity contribution in [2.45, 2.75) is 45.8 Å². The minimum absolute atomic E-state index is 0.233. The number of hydrogen-bond donors (Lipinski definition) is 3. The first-order valence-electron chi connectivity index (χ1n) is 7.41. The third-order valence-electron chi connectivity index (χ3n) is 3.29. The molecule has 120 valence electrons. The Hall–Kier alpha value is -0.810. The van der Waals surface area contributed by atoms with Gasteiger partial charge in [0.1, 0.15) is 31.5 Å². The summed E-state index contributed by atoms with van der Waals surface area (Å²) in [5, 5.41) is 21.7. The highest BCUT2D eigenvalue weighted by atomic mass is 35.5. The number of aliphatic hydroxyl groups is 2. The monoisotopic (exact) mass is 316 g/mol. The van der Waals surface area contributed by atoms with Crippen LogP contribution in [-0.4, -0.2) is 42.1 Å². The summed E-state index contributed by atoms with van der Waals surface area (Å²) in [5.74, 6) is 1.08. The zero-order valence-electron chi connectivity index (χ0n) is 13.3. The van der Waals surface area contributed by atoms with Gasteiger partial charge in [-0.15, -0.1) is 0 Å². The van der Waals surface area contributed by atoms with E-state index in [4.69, 9.17) is 16.3 Å². The van der Waals surface area contributed by atoms with E-state index in [1.165, 1.54) is 0 Å². The molecule has 0 heterocycles. The highest BCUT2D eigenvalue weighted by molar-refractivity contribution is 6.31.